The minimum Gasteiger partial charge on any atom is -0.329 e. The standard InChI is InChI=1S/C27H24ClFN3O2P/c1-4-31-23-14-22(25-17(27(31)33)6-5-7-18(25)28)32-21-13-16(8-10-20(21)30-26(23)32)15-9-11-24(19(29)12-15)35(2,3)34/h5-13,22-23H,4,14H2,1-3H3/t22-,23-/m1/s1. The zero-order valence-corrected chi connectivity index (χ0v) is 21.3. The fourth-order valence-electron chi connectivity index (χ4n) is 5.64. The van der Waals surface area contributed by atoms with Crippen LogP contribution in [0.2, 0.25) is 5.02 Å². The van der Waals surface area contributed by atoms with Gasteiger partial charge in [0.25, 0.3) is 5.91 Å². The summed E-state index contributed by atoms with van der Waals surface area (Å²) in [6.07, 6.45) is 0.713. The second-order valence-corrected chi connectivity index (χ2v) is 13.2. The van der Waals surface area contributed by atoms with E-state index >= 15 is 0 Å². The van der Waals surface area contributed by atoms with Crippen molar-refractivity contribution < 1.29 is 13.8 Å². The highest BCUT2D eigenvalue weighted by Gasteiger charge is 2.45. The Morgan fingerprint density at radius 2 is 1.83 bits per heavy atom. The molecule has 2 atom stereocenters. The molecule has 5 nitrogen and oxygen atoms in total. The Kier molecular flexibility index (Phi) is 5.00. The van der Waals surface area contributed by atoms with Gasteiger partial charge >= 0.3 is 0 Å². The number of imidazole rings is 1. The van der Waals surface area contributed by atoms with Gasteiger partial charge in [-0.3, -0.25) is 4.79 Å². The van der Waals surface area contributed by atoms with Crippen LogP contribution in [0.5, 0.6) is 0 Å². The minimum atomic E-state index is -2.71. The summed E-state index contributed by atoms with van der Waals surface area (Å²) in [6, 6.07) is 16.0. The first kappa shape index (κ1) is 22.5. The zero-order valence-electron chi connectivity index (χ0n) is 19.6. The Bertz CT molecular complexity index is 1590. The molecule has 3 heterocycles. The number of carbonyl (C=O) groups excluding carboxylic acids is 1. The van der Waals surface area contributed by atoms with E-state index in [-0.39, 0.29) is 23.3 Å². The van der Waals surface area contributed by atoms with Crippen LogP contribution in [0.25, 0.3) is 22.2 Å². The molecule has 0 radical (unpaired) electrons. The van der Waals surface area contributed by atoms with Gasteiger partial charge in [0, 0.05) is 34.4 Å². The Morgan fingerprint density at radius 3 is 2.54 bits per heavy atom. The predicted octanol–water partition coefficient (Wildman–Crippen LogP) is 6.25. The smallest absolute Gasteiger partial charge is 0.254 e. The number of carbonyl (C=O) groups is 1. The molecule has 2 aliphatic heterocycles. The molecule has 0 fully saturated rings. The molecule has 0 N–H and O–H groups in total. The van der Waals surface area contributed by atoms with Crippen molar-refractivity contribution in [1.82, 2.24) is 14.5 Å². The van der Waals surface area contributed by atoms with Crippen LogP contribution in [0.15, 0.2) is 54.6 Å². The average molecular weight is 508 g/mol. The number of hydrogen-bond donors (Lipinski definition) is 0. The van der Waals surface area contributed by atoms with Crippen LogP contribution >= 0.6 is 18.7 Å². The van der Waals surface area contributed by atoms with E-state index in [1.165, 1.54) is 6.07 Å². The van der Waals surface area contributed by atoms with Crippen LogP contribution in [0.4, 0.5) is 4.39 Å². The van der Waals surface area contributed by atoms with E-state index in [2.05, 4.69) is 4.57 Å². The van der Waals surface area contributed by atoms with Crippen molar-refractivity contribution in [2.45, 2.75) is 25.4 Å². The fraction of sp³-hybridized carbons (Fsp3) is 0.259. The van der Waals surface area contributed by atoms with Crippen molar-refractivity contribution in [2.75, 3.05) is 19.9 Å². The lowest BCUT2D eigenvalue weighted by molar-refractivity contribution is 0.0692. The highest BCUT2D eigenvalue weighted by atomic mass is 35.5. The van der Waals surface area contributed by atoms with Crippen molar-refractivity contribution in [3.05, 3.63) is 82.4 Å². The molecule has 0 aliphatic carbocycles. The van der Waals surface area contributed by atoms with E-state index in [9.17, 15) is 13.8 Å². The summed E-state index contributed by atoms with van der Waals surface area (Å²) < 4.78 is 29.4. The highest BCUT2D eigenvalue weighted by molar-refractivity contribution is 7.70. The monoisotopic (exact) mass is 507 g/mol. The highest BCUT2D eigenvalue weighted by Crippen LogP contribution is 2.49. The van der Waals surface area contributed by atoms with Crippen LogP contribution in [0.1, 0.15) is 47.2 Å². The van der Waals surface area contributed by atoms with Crippen molar-refractivity contribution >= 4 is 41.0 Å². The first-order valence-corrected chi connectivity index (χ1v) is 14.6. The molecule has 3 aromatic carbocycles. The largest absolute Gasteiger partial charge is 0.329 e. The van der Waals surface area contributed by atoms with Gasteiger partial charge in [-0.15, -0.1) is 0 Å². The summed E-state index contributed by atoms with van der Waals surface area (Å²) >= 11 is 6.67. The fourth-order valence-corrected chi connectivity index (χ4v) is 6.95. The van der Waals surface area contributed by atoms with Crippen molar-refractivity contribution in [2.24, 2.45) is 0 Å². The van der Waals surface area contributed by atoms with E-state index in [4.69, 9.17) is 16.6 Å². The summed E-state index contributed by atoms with van der Waals surface area (Å²) in [5.41, 5.74) is 4.76. The Balaban J connectivity index is 1.55. The maximum Gasteiger partial charge on any atom is 0.254 e. The molecule has 6 rings (SSSR count). The molecule has 0 saturated carbocycles. The van der Waals surface area contributed by atoms with Crippen molar-refractivity contribution in [3.63, 3.8) is 0 Å². The number of aromatic nitrogens is 2. The molecule has 2 aliphatic rings. The molecule has 0 unspecified atom stereocenters. The average Bonchev–Trinajstić information content (AvgIpc) is 3.32. The molecular weight excluding hydrogens is 484 g/mol. The van der Waals surface area contributed by atoms with E-state index < -0.39 is 13.0 Å². The van der Waals surface area contributed by atoms with Gasteiger partial charge in [-0.05, 0) is 67.8 Å². The lowest BCUT2D eigenvalue weighted by Crippen LogP contribution is -2.34. The predicted molar refractivity (Wildman–Crippen MR) is 138 cm³/mol. The Labute approximate surface area is 207 Å². The summed E-state index contributed by atoms with van der Waals surface area (Å²) in [6.45, 7) is 5.69. The minimum absolute atomic E-state index is 0.0174. The number of rotatable bonds is 3. The van der Waals surface area contributed by atoms with E-state index in [1.807, 2.05) is 54.3 Å². The molecule has 0 saturated heterocycles. The van der Waals surface area contributed by atoms with Gasteiger partial charge in [0.15, 0.2) is 0 Å². The van der Waals surface area contributed by atoms with Gasteiger partial charge < -0.3 is 14.0 Å². The van der Waals surface area contributed by atoms with E-state index in [0.717, 1.165) is 28.0 Å². The molecule has 35 heavy (non-hydrogen) atoms. The second-order valence-electron chi connectivity index (χ2n) is 9.62. The number of amides is 1. The quantitative estimate of drug-likeness (QED) is 0.308. The number of hydrogen-bond acceptors (Lipinski definition) is 3. The molecular formula is C27H24ClFN3O2P. The molecule has 2 bridgehead atoms. The first-order chi connectivity index (χ1) is 16.7. The van der Waals surface area contributed by atoms with E-state index in [1.54, 1.807) is 19.4 Å². The molecule has 0 spiro atoms. The number of nitrogens with zero attached hydrogens (tertiary/aromatic N) is 3. The summed E-state index contributed by atoms with van der Waals surface area (Å²) in [7, 11) is -2.71. The SMILES string of the molecule is CCN1C(=O)c2cccc(Cl)c2[C@H]2C[C@@H]1c1nc3ccc(-c4ccc(P(C)(C)=O)c(F)c4)cc3n12. The van der Waals surface area contributed by atoms with Crippen LogP contribution in [-0.2, 0) is 4.57 Å². The Morgan fingerprint density at radius 1 is 1.09 bits per heavy atom. The molecule has 4 aromatic rings. The Hall–Kier alpha value is -2.95. The van der Waals surface area contributed by atoms with Gasteiger partial charge in [-0.1, -0.05) is 29.8 Å². The molecule has 1 amide bonds. The normalized spacial score (nSPS) is 19.1. The van der Waals surface area contributed by atoms with Gasteiger partial charge in [0.2, 0.25) is 0 Å². The van der Waals surface area contributed by atoms with Gasteiger partial charge in [0.05, 0.1) is 23.1 Å². The molecule has 1 aromatic heterocycles. The van der Waals surface area contributed by atoms with Gasteiger partial charge in [0.1, 0.15) is 18.8 Å². The number of halogens is 2. The number of fused-ring (bicyclic) bond motifs is 9. The second kappa shape index (κ2) is 7.78. The third-order valence-corrected chi connectivity index (χ3v) is 9.08. The van der Waals surface area contributed by atoms with Crippen molar-refractivity contribution in [1.29, 1.82) is 0 Å². The summed E-state index contributed by atoms with van der Waals surface area (Å²) in [5, 5.41) is 0.831. The maximum atomic E-state index is 14.8. The topological polar surface area (TPSA) is 55.2 Å². The lowest BCUT2D eigenvalue weighted by atomic mass is 9.98. The lowest BCUT2D eigenvalue weighted by Gasteiger charge is -2.27. The first-order valence-electron chi connectivity index (χ1n) is 11.7. The molecule has 8 heteroatoms. The van der Waals surface area contributed by atoms with Gasteiger partial charge in [-0.2, -0.15) is 0 Å². The maximum absolute atomic E-state index is 14.8. The zero-order chi connectivity index (χ0) is 24.6. The van der Waals surface area contributed by atoms with Crippen molar-refractivity contribution in [3.8, 4) is 11.1 Å². The van der Waals surface area contributed by atoms with Crippen LogP contribution in [0.3, 0.4) is 0 Å². The van der Waals surface area contributed by atoms with E-state index in [0.29, 0.717) is 29.1 Å². The van der Waals surface area contributed by atoms with Gasteiger partial charge in [-0.25, -0.2) is 9.37 Å². The third kappa shape index (κ3) is 3.30. The van der Waals surface area contributed by atoms with Crippen LogP contribution in [0, 0.1) is 5.82 Å². The number of benzene rings is 3. The van der Waals surface area contributed by atoms with Crippen LogP contribution < -0.4 is 5.30 Å². The van der Waals surface area contributed by atoms with Crippen LogP contribution in [-0.4, -0.2) is 40.2 Å². The summed E-state index contributed by atoms with van der Waals surface area (Å²) in [5.74, 6) is 0.373. The third-order valence-electron chi connectivity index (χ3n) is 7.23. The molecule has 178 valence electrons. The summed E-state index contributed by atoms with van der Waals surface area (Å²) in [4.78, 5) is 20.2.